The molecule has 1 heterocycles. The van der Waals surface area contributed by atoms with Gasteiger partial charge in [0, 0.05) is 15.6 Å². The van der Waals surface area contributed by atoms with E-state index in [1.54, 1.807) is 48.5 Å². The molecule has 4 aromatic rings. The van der Waals surface area contributed by atoms with Crippen molar-refractivity contribution in [3.05, 3.63) is 93.8 Å². The summed E-state index contributed by atoms with van der Waals surface area (Å²) in [5.74, 6) is -0.371. The molecule has 0 aliphatic carbocycles. The van der Waals surface area contributed by atoms with Crippen LogP contribution < -0.4 is 20.2 Å². The molecule has 10 heteroatoms. The van der Waals surface area contributed by atoms with Crippen molar-refractivity contribution in [3.63, 3.8) is 0 Å². The van der Waals surface area contributed by atoms with Crippen molar-refractivity contribution in [1.29, 1.82) is 0 Å². The van der Waals surface area contributed by atoms with E-state index in [0.717, 1.165) is 16.5 Å². The molecule has 0 saturated carbocycles. The number of thiophene rings is 1. The standard InChI is InChI=1S/C28H24ClN3O5S/c1-2-15-36-20-13-9-19(10-14-20)27(34)30-17-24(33)32-31-16-18-7-11-21(12-8-18)37-28(35)26-25(29)22-5-3-4-6-23(22)38-26/h3-14,16H,2,15,17H2,1H3,(H,30,34)(H,32,33)/b31-16+. The zero-order valence-electron chi connectivity index (χ0n) is 20.4. The average Bonchev–Trinajstić information content (AvgIpc) is 3.28. The number of nitrogens with zero attached hydrogens (tertiary/aromatic N) is 1. The van der Waals surface area contributed by atoms with Gasteiger partial charge in [-0.3, -0.25) is 9.59 Å². The van der Waals surface area contributed by atoms with E-state index in [2.05, 4.69) is 15.8 Å². The number of carbonyl (C=O) groups is 3. The van der Waals surface area contributed by atoms with Gasteiger partial charge in [-0.15, -0.1) is 11.3 Å². The van der Waals surface area contributed by atoms with Gasteiger partial charge in [0.25, 0.3) is 11.8 Å². The fourth-order valence-corrected chi connectivity index (χ4v) is 4.71. The maximum absolute atomic E-state index is 12.6. The molecule has 0 aliphatic heterocycles. The molecule has 0 radical (unpaired) electrons. The monoisotopic (exact) mass is 549 g/mol. The molecule has 0 saturated heterocycles. The van der Waals surface area contributed by atoms with Crippen LogP contribution in [0.4, 0.5) is 0 Å². The van der Waals surface area contributed by atoms with Gasteiger partial charge in [-0.25, -0.2) is 10.2 Å². The highest BCUT2D eigenvalue weighted by Crippen LogP contribution is 2.35. The lowest BCUT2D eigenvalue weighted by Crippen LogP contribution is -2.34. The topological polar surface area (TPSA) is 106 Å². The van der Waals surface area contributed by atoms with Crippen LogP contribution in [0, 0.1) is 0 Å². The third-order valence-electron chi connectivity index (χ3n) is 5.21. The van der Waals surface area contributed by atoms with Crippen LogP contribution in [0.3, 0.4) is 0 Å². The number of hydrogen-bond acceptors (Lipinski definition) is 7. The summed E-state index contributed by atoms with van der Waals surface area (Å²) in [7, 11) is 0. The minimum Gasteiger partial charge on any atom is -0.494 e. The van der Waals surface area contributed by atoms with E-state index >= 15 is 0 Å². The molecule has 4 rings (SSSR count). The first-order valence-corrected chi connectivity index (χ1v) is 13.0. The molecule has 0 aliphatic rings. The molecule has 0 unspecified atom stereocenters. The van der Waals surface area contributed by atoms with Gasteiger partial charge in [-0.1, -0.05) is 36.7 Å². The van der Waals surface area contributed by atoms with E-state index in [1.165, 1.54) is 17.6 Å². The van der Waals surface area contributed by atoms with Crippen LogP contribution in [-0.2, 0) is 4.79 Å². The summed E-state index contributed by atoms with van der Waals surface area (Å²) in [5, 5.41) is 7.62. The highest BCUT2D eigenvalue weighted by molar-refractivity contribution is 7.21. The summed E-state index contributed by atoms with van der Waals surface area (Å²) in [4.78, 5) is 37.2. The number of nitrogens with one attached hydrogen (secondary N) is 2. The van der Waals surface area contributed by atoms with Crippen molar-refractivity contribution in [1.82, 2.24) is 10.7 Å². The number of ether oxygens (including phenoxy) is 2. The molecule has 0 spiro atoms. The molecule has 3 aromatic carbocycles. The smallest absolute Gasteiger partial charge is 0.355 e. The van der Waals surface area contributed by atoms with Gasteiger partial charge >= 0.3 is 5.97 Å². The zero-order chi connectivity index (χ0) is 26.9. The van der Waals surface area contributed by atoms with Gasteiger partial charge in [0.05, 0.1) is 24.4 Å². The molecule has 2 N–H and O–H groups in total. The summed E-state index contributed by atoms with van der Waals surface area (Å²) in [6.07, 6.45) is 2.33. The molecule has 8 nitrogen and oxygen atoms in total. The number of esters is 1. The number of amides is 2. The third kappa shape index (κ3) is 6.96. The van der Waals surface area contributed by atoms with Crippen LogP contribution in [0.1, 0.15) is 38.9 Å². The number of benzene rings is 3. The van der Waals surface area contributed by atoms with Crippen LogP contribution >= 0.6 is 22.9 Å². The van der Waals surface area contributed by atoms with E-state index in [4.69, 9.17) is 21.1 Å². The Kier molecular flexibility index (Phi) is 9.07. The number of carbonyl (C=O) groups excluding carboxylic acids is 3. The normalized spacial score (nSPS) is 10.9. The Labute approximate surface area is 228 Å². The predicted octanol–water partition coefficient (Wildman–Crippen LogP) is 5.44. The highest BCUT2D eigenvalue weighted by Gasteiger charge is 2.19. The fraction of sp³-hybridized carbons (Fsp3) is 0.143. The second-order valence-corrected chi connectivity index (χ2v) is 9.48. The summed E-state index contributed by atoms with van der Waals surface area (Å²) >= 11 is 7.62. The quantitative estimate of drug-likeness (QED) is 0.118. The van der Waals surface area contributed by atoms with E-state index in [9.17, 15) is 14.4 Å². The first-order chi connectivity index (χ1) is 18.4. The summed E-state index contributed by atoms with van der Waals surface area (Å²) in [5.41, 5.74) is 3.44. The maximum atomic E-state index is 12.6. The minimum atomic E-state index is -0.535. The Morgan fingerprint density at radius 3 is 2.39 bits per heavy atom. The Bertz CT molecular complexity index is 1470. The van der Waals surface area contributed by atoms with Crippen molar-refractivity contribution in [2.45, 2.75) is 13.3 Å². The molecular weight excluding hydrogens is 526 g/mol. The van der Waals surface area contributed by atoms with Crippen LogP contribution in [0.2, 0.25) is 5.02 Å². The Hall–Kier alpha value is -4.21. The van der Waals surface area contributed by atoms with E-state index < -0.39 is 11.9 Å². The highest BCUT2D eigenvalue weighted by atomic mass is 35.5. The SMILES string of the molecule is CCCOc1ccc(C(=O)NCC(=O)N/N=C/c2ccc(OC(=O)c3sc4ccccc4c3Cl)cc2)cc1. The lowest BCUT2D eigenvalue weighted by atomic mass is 10.2. The first kappa shape index (κ1) is 26.8. The Balaban J connectivity index is 1.23. The number of halogens is 1. The largest absolute Gasteiger partial charge is 0.494 e. The van der Waals surface area contributed by atoms with Crippen LogP contribution in [0.15, 0.2) is 77.9 Å². The van der Waals surface area contributed by atoms with E-state index in [1.807, 2.05) is 31.2 Å². The van der Waals surface area contributed by atoms with Crippen LogP contribution in [0.5, 0.6) is 11.5 Å². The molecule has 0 fully saturated rings. The van der Waals surface area contributed by atoms with Crippen molar-refractivity contribution in [2.24, 2.45) is 5.10 Å². The van der Waals surface area contributed by atoms with E-state index in [0.29, 0.717) is 39.1 Å². The van der Waals surface area contributed by atoms with Gasteiger partial charge in [0.1, 0.15) is 16.4 Å². The average molecular weight is 550 g/mol. The molecule has 194 valence electrons. The van der Waals surface area contributed by atoms with E-state index in [-0.39, 0.29) is 12.5 Å². The van der Waals surface area contributed by atoms with Gasteiger partial charge in [0.15, 0.2) is 0 Å². The van der Waals surface area contributed by atoms with Crippen molar-refractivity contribution in [2.75, 3.05) is 13.2 Å². The van der Waals surface area contributed by atoms with Crippen molar-refractivity contribution >= 4 is 57.0 Å². The molecule has 2 amide bonds. The molecule has 1 aromatic heterocycles. The Morgan fingerprint density at radius 1 is 0.974 bits per heavy atom. The summed E-state index contributed by atoms with van der Waals surface area (Å²) in [6, 6.07) is 20.8. The van der Waals surface area contributed by atoms with Crippen molar-refractivity contribution < 1.29 is 23.9 Å². The Morgan fingerprint density at radius 2 is 1.68 bits per heavy atom. The molecule has 38 heavy (non-hydrogen) atoms. The van der Waals surface area contributed by atoms with Crippen LogP contribution in [0.25, 0.3) is 10.1 Å². The lowest BCUT2D eigenvalue weighted by Gasteiger charge is -2.07. The number of hydrazone groups is 1. The minimum absolute atomic E-state index is 0.237. The van der Waals surface area contributed by atoms with Gasteiger partial charge in [-0.05, 0) is 66.6 Å². The fourth-order valence-electron chi connectivity index (χ4n) is 3.32. The third-order valence-corrected chi connectivity index (χ3v) is 6.87. The lowest BCUT2D eigenvalue weighted by molar-refractivity contribution is -0.120. The number of fused-ring (bicyclic) bond motifs is 1. The molecular formula is C28H24ClN3O5S. The second kappa shape index (κ2) is 12.8. The molecule has 0 bridgehead atoms. The second-order valence-electron chi connectivity index (χ2n) is 8.05. The predicted molar refractivity (Wildman–Crippen MR) is 149 cm³/mol. The van der Waals surface area contributed by atoms with Gasteiger partial charge in [0.2, 0.25) is 0 Å². The van der Waals surface area contributed by atoms with Gasteiger partial charge in [-0.2, -0.15) is 5.10 Å². The van der Waals surface area contributed by atoms with Crippen molar-refractivity contribution in [3.8, 4) is 11.5 Å². The zero-order valence-corrected chi connectivity index (χ0v) is 22.0. The maximum Gasteiger partial charge on any atom is 0.355 e. The first-order valence-electron chi connectivity index (χ1n) is 11.8. The van der Waals surface area contributed by atoms with Gasteiger partial charge < -0.3 is 14.8 Å². The van der Waals surface area contributed by atoms with Crippen LogP contribution in [-0.4, -0.2) is 37.1 Å². The number of hydrogen-bond donors (Lipinski definition) is 2. The molecule has 0 atom stereocenters. The summed E-state index contributed by atoms with van der Waals surface area (Å²) < 4.78 is 11.8. The number of rotatable bonds is 10. The summed E-state index contributed by atoms with van der Waals surface area (Å²) in [6.45, 7) is 2.38.